The Bertz CT molecular complexity index is 317. The molecule has 4 unspecified atom stereocenters. The summed E-state index contributed by atoms with van der Waals surface area (Å²) in [7, 11) is 0. The lowest BCUT2D eigenvalue weighted by Crippen LogP contribution is -2.47. The fourth-order valence-corrected chi connectivity index (χ4v) is 3.90. The highest BCUT2D eigenvalue weighted by atomic mass is 35.5. The Balaban J connectivity index is 0.00000120. The third-order valence-corrected chi connectivity index (χ3v) is 5.13. The first-order chi connectivity index (χ1) is 8.20. The van der Waals surface area contributed by atoms with Gasteiger partial charge in [0.25, 0.3) is 0 Å². The summed E-state index contributed by atoms with van der Waals surface area (Å²) in [5, 5.41) is 0. The van der Waals surface area contributed by atoms with Gasteiger partial charge in [0.15, 0.2) is 0 Å². The van der Waals surface area contributed by atoms with Crippen molar-refractivity contribution >= 4 is 18.3 Å². The van der Waals surface area contributed by atoms with Gasteiger partial charge in [0.1, 0.15) is 0 Å². The Morgan fingerprint density at radius 2 is 1.89 bits per heavy atom. The van der Waals surface area contributed by atoms with Crippen molar-refractivity contribution < 1.29 is 4.79 Å². The van der Waals surface area contributed by atoms with Crippen molar-refractivity contribution in [2.45, 2.75) is 45.1 Å². The van der Waals surface area contributed by atoms with E-state index in [4.69, 9.17) is 5.73 Å². The molecule has 0 saturated heterocycles. The van der Waals surface area contributed by atoms with Gasteiger partial charge >= 0.3 is 0 Å². The van der Waals surface area contributed by atoms with E-state index in [0.29, 0.717) is 17.7 Å². The summed E-state index contributed by atoms with van der Waals surface area (Å²) in [6.07, 6.45) is 6.32. The number of nitrogens with two attached hydrogens (primary N) is 1. The van der Waals surface area contributed by atoms with E-state index < -0.39 is 0 Å². The van der Waals surface area contributed by atoms with Gasteiger partial charge in [-0.2, -0.15) is 0 Å². The summed E-state index contributed by atoms with van der Waals surface area (Å²) in [5.74, 6) is 2.52. The Kier molecular flexibility index (Phi) is 4.22. The van der Waals surface area contributed by atoms with Crippen molar-refractivity contribution in [3.63, 3.8) is 0 Å². The van der Waals surface area contributed by atoms with E-state index in [-0.39, 0.29) is 24.4 Å². The normalized spacial score (nSPS) is 37.4. The molecule has 3 rings (SSSR count). The van der Waals surface area contributed by atoms with Crippen LogP contribution in [0.5, 0.6) is 0 Å². The first kappa shape index (κ1) is 14.1. The second kappa shape index (κ2) is 5.38. The summed E-state index contributed by atoms with van der Waals surface area (Å²) in [5.41, 5.74) is 6.26. The van der Waals surface area contributed by atoms with Gasteiger partial charge < -0.3 is 10.6 Å². The van der Waals surface area contributed by atoms with Crippen LogP contribution in [-0.2, 0) is 4.79 Å². The van der Waals surface area contributed by atoms with Gasteiger partial charge in [-0.15, -0.1) is 12.4 Å². The van der Waals surface area contributed by atoms with Gasteiger partial charge in [-0.1, -0.05) is 0 Å². The topological polar surface area (TPSA) is 46.3 Å². The van der Waals surface area contributed by atoms with Crippen molar-refractivity contribution in [2.24, 2.45) is 29.4 Å². The first-order valence-corrected chi connectivity index (χ1v) is 7.25. The monoisotopic (exact) mass is 272 g/mol. The zero-order chi connectivity index (χ0) is 12.0. The van der Waals surface area contributed by atoms with Crippen LogP contribution < -0.4 is 5.73 Å². The molecule has 4 atom stereocenters. The highest BCUT2D eigenvalue weighted by Crippen LogP contribution is 2.48. The zero-order valence-electron chi connectivity index (χ0n) is 11.2. The van der Waals surface area contributed by atoms with Gasteiger partial charge in [0, 0.05) is 19.1 Å². The number of rotatable bonds is 4. The van der Waals surface area contributed by atoms with E-state index >= 15 is 0 Å². The van der Waals surface area contributed by atoms with Crippen molar-refractivity contribution in [1.82, 2.24) is 4.90 Å². The van der Waals surface area contributed by atoms with E-state index in [0.717, 1.165) is 19.0 Å². The van der Waals surface area contributed by atoms with Crippen LogP contribution >= 0.6 is 12.4 Å². The van der Waals surface area contributed by atoms with Crippen LogP contribution in [-0.4, -0.2) is 29.9 Å². The lowest BCUT2D eigenvalue weighted by atomic mass is 9.84. The molecule has 0 aromatic heterocycles. The Morgan fingerprint density at radius 3 is 2.39 bits per heavy atom. The molecular formula is C14H25ClN2O. The predicted octanol–water partition coefficient (Wildman–Crippen LogP) is 2.04. The molecule has 3 saturated carbocycles. The van der Waals surface area contributed by atoms with Gasteiger partial charge in [-0.05, 0) is 56.8 Å². The van der Waals surface area contributed by atoms with Crippen LogP contribution in [0.4, 0.5) is 0 Å². The number of fused-ring (bicyclic) bond motifs is 2. The fourth-order valence-electron chi connectivity index (χ4n) is 3.90. The third kappa shape index (κ3) is 2.39. The lowest BCUT2D eigenvalue weighted by molar-refractivity contribution is -0.137. The van der Waals surface area contributed by atoms with Crippen LogP contribution in [0, 0.1) is 23.7 Å². The molecule has 3 fully saturated rings. The van der Waals surface area contributed by atoms with E-state index in [1.165, 1.54) is 32.1 Å². The smallest absolute Gasteiger partial charge is 0.227 e. The minimum atomic E-state index is 0. The number of carbonyl (C=O) groups excluding carboxylic acids is 1. The lowest BCUT2D eigenvalue weighted by Gasteiger charge is -2.32. The van der Waals surface area contributed by atoms with Crippen molar-refractivity contribution in [1.29, 1.82) is 0 Å². The second-order valence-corrected chi connectivity index (χ2v) is 6.26. The molecule has 3 aliphatic carbocycles. The molecule has 0 radical (unpaired) electrons. The van der Waals surface area contributed by atoms with Crippen LogP contribution in [0.1, 0.15) is 39.0 Å². The molecule has 104 valence electrons. The average Bonchev–Trinajstić information content (AvgIpc) is 2.93. The summed E-state index contributed by atoms with van der Waals surface area (Å²) in [6, 6.07) is 0.148. The van der Waals surface area contributed by atoms with E-state index in [9.17, 15) is 4.79 Å². The molecule has 0 aromatic carbocycles. The maximum atomic E-state index is 12.6. The number of nitrogens with zero attached hydrogens (tertiary/aromatic N) is 1. The molecule has 2 N–H and O–H groups in total. The van der Waals surface area contributed by atoms with Crippen LogP contribution in [0.25, 0.3) is 0 Å². The van der Waals surface area contributed by atoms with Crippen LogP contribution in [0.2, 0.25) is 0 Å². The van der Waals surface area contributed by atoms with Crippen molar-refractivity contribution in [3.05, 3.63) is 0 Å². The van der Waals surface area contributed by atoms with Gasteiger partial charge in [0.2, 0.25) is 5.91 Å². The molecular weight excluding hydrogens is 248 g/mol. The number of amides is 1. The Hall–Kier alpha value is -0.280. The minimum absolute atomic E-state index is 0. The summed E-state index contributed by atoms with van der Waals surface area (Å²) in [4.78, 5) is 14.7. The van der Waals surface area contributed by atoms with Crippen LogP contribution in [0.3, 0.4) is 0 Å². The molecule has 0 aromatic rings. The standard InChI is InChI=1S/C14H24N2O.ClH/c1-2-16(8-9-3-4-9)14(17)12-10-5-6-11(7-10)13(12)15;/h9-13H,2-8,15H2,1H3;1H. The molecule has 18 heavy (non-hydrogen) atoms. The molecule has 0 aliphatic heterocycles. The predicted molar refractivity (Wildman–Crippen MR) is 74.5 cm³/mol. The SMILES string of the molecule is CCN(CC1CC1)C(=O)C1C2CCC(C2)C1N.Cl. The van der Waals surface area contributed by atoms with Crippen molar-refractivity contribution in [2.75, 3.05) is 13.1 Å². The highest BCUT2D eigenvalue weighted by Gasteiger charge is 2.50. The molecule has 4 heteroatoms. The number of carbonyl (C=O) groups is 1. The average molecular weight is 273 g/mol. The minimum Gasteiger partial charge on any atom is -0.342 e. The van der Waals surface area contributed by atoms with Crippen molar-refractivity contribution in [3.8, 4) is 0 Å². The maximum absolute atomic E-state index is 12.6. The molecule has 1 amide bonds. The molecule has 2 bridgehead atoms. The Labute approximate surface area is 116 Å². The third-order valence-electron chi connectivity index (χ3n) is 5.13. The second-order valence-electron chi connectivity index (χ2n) is 6.26. The fraction of sp³-hybridized carbons (Fsp3) is 0.929. The summed E-state index contributed by atoms with van der Waals surface area (Å²) >= 11 is 0. The highest BCUT2D eigenvalue weighted by molar-refractivity contribution is 5.85. The molecule has 3 nitrogen and oxygen atoms in total. The quantitative estimate of drug-likeness (QED) is 0.851. The largest absolute Gasteiger partial charge is 0.342 e. The molecule has 0 spiro atoms. The van der Waals surface area contributed by atoms with Gasteiger partial charge in [-0.3, -0.25) is 4.79 Å². The number of hydrogen-bond acceptors (Lipinski definition) is 2. The first-order valence-electron chi connectivity index (χ1n) is 7.25. The molecule has 0 heterocycles. The van der Waals surface area contributed by atoms with E-state index in [2.05, 4.69) is 11.8 Å². The van der Waals surface area contributed by atoms with Gasteiger partial charge in [-0.25, -0.2) is 0 Å². The van der Waals surface area contributed by atoms with Gasteiger partial charge in [0.05, 0.1) is 5.92 Å². The maximum Gasteiger partial charge on any atom is 0.227 e. The van der Waals surface area contributed by atoms with Crippen LogP contribution in [0.15, 0.2) is 0 Å². The van der Waals surface area contributed by atoms with E-state index in [1.54, 1.807) is 0 Å². The molecule has 3 aliphatic rings. The summed E-state index contributed by atoms with van der Waals surface area (Å²) < 4.78 is 0. The zero-order valence-corrected chi connectivity index (χ0v) is 12.0. The van der Waals surface area contributed by atoms with E-state index in [1.807, 2.05) is 0 Å². The summed E-state index contributed by atoms with van der Waals surface area (Å²) in [6.45, 7) is 3.94. The number of halogens is 1. The number of hydrogen-bond donors (Lipinski definition) is 1. The Morgan fingerprint density at radius 1 is 1.22 bits per heavy atom.